The van der Waals surface area contributed by atoms with Crippen LogP contribution in [0, 0.1) is 0 Å². The van der Waals surface area contributed by atoms with E-state index < -0.39 is 0 Å². The Hall–Kier alpha value is -0.963. The number of nitrogens with one attached hydrogen (secondary N) is 2. The Labute approximate surface area is 89.5 Å². The van der Waals surface area contributed by atoms with Gasteiger partial charge in [0, 0.05) is 24.3 Å². The fraction of sp³-hybridized carbons (Fsp3) is 0.455. The monoisotopic (exact) mass is 205 g/mol. The van der Waals surface area contributed by atoms with Gasteiger partial charge in [0.15, 0.2) is 0 Å². The molecule has 1 unspecified atom stereocenters. The molecule has 0 aromatic heterocycles. The van der Waals surface area contributed by atoms with Crippen molar-refractivity contribution in [3.63, 3.8) is 0 Å². The summed E-state index contributed by atoms with van der Waals surface area (Å²) in [6.45, 7) is 2.17. The summed E-state index contributed by atoms with van der Waals surface area (Å²) in [5.74, 6) is 0. The lowest BCUT2D eigenvalue weighted by molar-refractivity contribution is 0.884. The van der Waals surface area contributed by atoms with Crippen LogP contribution in [0.2, 0.25) is 0 Å². The van der Waals surface area contributed by atoms with Crippen LogP contribution in [0.3, 0.4) is 0 Å². The van der Waals surface area contributed by atoms with Crippen LogP contribution < -0.4 is 10.6 Å². The molecule has 0 saturated carbocycles. The summed E-state index contributed by atoms with van der Waals surface area (Å²) in [6, 6.07) is 6.29. The summed E-state index contributed by atoms with van der Waals surface area (Å²) >= 11 is 0. The first-order valence-electron chi connectivity index (χ1n) is 4.94. The zero-order chi connectivity index (χ0) is 10.6. The molecule has 0 aliphatic rings. The summed E-state index contributed by atoms with van der Waals surface area (Å²) in [7, 11) is 7.62. The van der Waals surface area contributed by atoms with Gasteiger partial charge < -0.3 is 10.6 Å². The fourth-order valence-corrected chi connectivity index (χ4v) is 1.81. The fourth-order valence-electron chi connectivity index (χ4n) is 1.57. The molecular weight excluding hydrogens is 188 g/mol. The molecule has 0 spiro atoms. The van der Waals surface area contributed by atoms with E-state index in [1.54, 1.807) is 0 Å². The minimum Gasteiger partial charge on any atom is -0.386 e. The van der Waals surface area contributed by atoms with Gasteiger partial charge in [-0.1, -0.05) is 25.5 Å². The lowest BCUT2D eigenvalue weighted by Crippen LogP contribution is -2.05. The SMILES string of the molecule is CCC([Si])c1cccc(NC)c1NC. The molecule has 1 aromatic carbocycles. The standard InChI is InChI=1S/C11H17N2Si/c1-4-10(14)8-6-5-7-9(12-2)11(8)13-3/h5-7,10,12-13H,4H2,1-3H3. The second kappa shape index (κ2) is 5.05. The van der Waals surface area contributed by atoms with E-state index in [-0.39, 0.29) is 0 Å². The molecule has 2 nitrogen and oxygen atoms in total. The molecule has 0 heterocycles. The van der Waals surface area contributed by atoms with E-state index in [9.17, 15) is 0 Å². The average molecular weight is 205 g/mol. The largest absolute Gasteiger partial charge is 0.386 e. The summed E-state index contributed by atoms with van der Waals surface area (Å²) in [5.41, 5.74) is 4.03. The number of benzene rings is 1. The minimum atomic E-state index is 0.408. The van der Waals surface area contributed by atoms with Crippen molar-refractivity contribution in [3.8, 4) is 0 Å². The first-order valence-corrected chi connectivity index (χ1v) is 5.51. The van der Waals surface area contributed by atoms with Crippen molar-refractivity contribution < 1.29 is 0 Å². The van der Waals surface area contributed by atoms with E-state index >= 15 is 0 Å². The highest BCUT2D eigenvalue weighted by Crippen LogP contribution is 2.30. The molecule has 1 aromatic rings. The molecule has 3 heteroatoms. The van der Waals surface area contributed by atoms with Crippen molar-refractivity contribution in [1.82, 2.24) is 0 Å². The zero-order valence-corrected chi connectivity index (χ0v) is 10.0. The normalized spacial score (nSPS) is 12.3. The van der Waals surface area contributed by atoms with Crippen molar-refractivity contribution in [2.45, 2.75) is 18.9 Å². The van der Waals surface area contributed by atoms with Crippen molar-refractivity contribution >= 4 is 21.6 Å². The predicted molar refractivity (Wildman–Crippen MR) is 64.3 cm³/mol. The van der Waals surface area contributed by atoms with E-state index in [1.807, 2.05) is 14.1 Å². The van der Waals surface area contributed by atoms with Gasteiger partial charge in [-0.2, -0.15) is 0 Å². The molecule has 0 aliphatic heterocycles. The molecule has 3 radical (unpaired) electrons. The second-order valence-electron chi connectivity index (χ2n) is 3.23. The quantitative estimate of drug-likeness (QED) is 0.738. The third-order valence-electron chi connectivity index (χ3n) is 2.40. The Balaban J connectivity index is 3.14. The van der Waals surface area contributed by atoms with Crippen LogP contribution in [0.5, 0.6) is 0 Å². The van der Waals surface area contributed by atoms with Crippen molar-refractivity contribution in [3.05, 3.63) is 23.8 Å². The highest BCUT2D eigenvalue weighted by atomic mass is 28.1. The van der Waals surface area contributed by atoms with Gasteiger partial charge in [0.2, 0.25) is 0 Å². The van der Waals surface area contributed by atoms with E-state index in [4.69, 9.17) is 0 Å². The van der Waals surface area contributed by atoms with Gasteiger partial charge >= 0.3 is 0 Å². The van der Waals surface area contributed by atoms with Crippen molar-refractivity contribution in [2.75, 3.05) is 24.7 Å². The lowest BCUT2D eigenvalue weighted by atomic mass is 10.1. The molecule has 2 N–H and O–H groups in total. The second-order valence-corrected chi connectivity index (χ2v) is 3.93. The molecule has 1 rings (SSSR count). The number of hydrogen-bond donors (Lipinski definition) is 2. The molecule has 0 saturated heterocycles. The Morgan fingerprint density at radius 1 is 1.29 bits per heavy atom. The highest BCUT2D eigenvalue weighted by molar-refractivity contribution is 6.13. The molecule has 1 atom stereocenters. The third-order valence-corrected chi connectivity index (χ3v) is 3.12. The van der Waals surface area contributed by atoms with E-state index in [1.165, 1.54) is 11.3 Å². The Morgan fingerprint density at radius 2 is 2.00 bits per heavy atom. The molecule has 75 valence electrons. The topological polar surface area (TPSA) is 24.1 Å². The number of hydrogen-bond acceptors (Lipinski definition) is 2. The van der Waals surface area contributed by atoms with Crippen molar-refractivity contribution in [1.29, 1.82) is 0 Å². The highest BCUT2D eigenvalue weighted by Gasteiger charge is 2.10. The maximum Gasteiger partial charge on any atom is 0.0605 e. The van der Waals surface area contributed by atoms with Gasteiger partial charge in [-0.15, -0.1) is 0 Å². The van der Waals surface area contributed by atoms with Gasteiger partial charge in [-0.25, -0.2) is 0 Å². The maximum absolute atomic E-state index is 3.72. The van der Waals surface area contributed by atoms with Crippen LogP contribution in [0.15, 0.2) is 18.2 Å². The molecule has 0 bridgehead atoms. The Bertz CT molecular complexity index is 299. The van der Waals surface area contributed by atoms with Crippen LogP contribution in [0.1, 0.15) is 24.4 Å². The van der Waals surface area contributed by atoms with Crippen LogP contribution >= 0.6 is 0 Å². The average Bonchev–Trinajstić information content (AvgIpc) is 2.26. The predicted octanol–water partition coefficient (Wildman–Crippen LogP) is 2.39. The Morgan fingerprint density at radius 3 is 2.50 bits per heavy atom. The van der Waals surface area contributed by atoms with Gasteiger partial charge in [0.05, 0.1) is 11.4 Å². The lowest BCUT2D eigenvalue weighted by Gasteiger charge is -2.17. The van der Waals surface area contributed by atoms with Crippen LogP contribution in [-0.2, 0) is 0 Å². The third kappa shape index (κ3) is 2.10. The van der Waals surface area contributed by atoms with Crippen LogP contribution in [-0.4, -0.2) is 24.3 Å². The molecule has 0 aliphatic carbocycles. The van der Waals surface area contributed by atoms with Gasteiger partial charge in [-0.3, -0.25) is 0 Å². The van der Waals surface area contributed by atoms with Gasteiger partial charge in [-0.05, 0) is 17.2 Å². The van der Waals surface area contributed by atoms with E-state index in [0.717, 1.165) is 12.1 Å². The van der Waals surface area contributed by atoms with Crippen molar-refractivity contribution in [2.24, 2.45) is 0 Å². The molecule has 14 heavy (non-hydrogen) atoms. The molecular formula is C11H17N2Si. The summed E-state index contributed by atoms with van der Waals surface area (Å²) in [5, 5.41) is 6.42. The number of para-hydroxylation sites is 1. The molecule has 0 fully saturated rings. The first kappa shape index (κ1) is 11.1. The number of rotatable bonds is 4. The summed E-state index contributed by atoms with van der Waals surface area (Å²) in [4.78, 5) is 0. The van der Waals surface area contributed by atoms with E-state index in [2.05, 4.69) is 46.0 Å². The smallest absolute Gasteiger partial charge is 0.0605 e. The molecule has 0 amide bonds. The summed E-state index contributed by atoms with van der Waals surface area (Å²) in [6.07, 6.45) is 1.08. The van der Waals surface area contributed by atoms with Gasteiger partial charge in [0.25, 0.3) is 0 Å². The van der Waals surface area contributed by atoms with Gasteiger partial charge in [0.1, 0.15) is 0 Å². The first-order chi connectivity index (χ1) is 6.74. The van der Waals surface area contributed by atoms with E-state index in [0.29, 0.717) is 5.54 Å². The summed E-state index contributed by atoms with van der Waals surface area (Å²) < 4.78 is 0. The van der Waals surface area contributed by atoms with Crippen LogP contribution in [0.25, 0.3) is 0 Å². The van der Waals surface area contributed by atoms with Crippen LogP contribution in [0.4, 0.5) is 11.4 Å². The Kier molecular flexibility index (Phi) is 4.01. The number of anilines is 2. The minimum absolute atomic E-state index is 0.408. The maximum atomic E-state index is 3.72. The zero-order valence-electron chi connectivity index (χ0n) is 9.02.